The number of hydrogen-bond donors (Lipinski definition) is 0. The summed E-state index contributed by atoms with van der Waals surface area (Å²) in [6, 6.07) is 6.31. The summed E-state index contributed by atoms with van der Waals surface area (Å²) >= 11 is 6.37. The van der Waals surface area contributed by atoms with Crippen LogP contribution in [0, 0.1) is 11.8 Å². The van der Waals surface area contributed by atoms with Crippen molar-refractivity contribution in [1.82, 2.24) is 0 Å². The molecule has 0 N–H and O–H groups in total. The van der Waals surface area contributed by atoms with Crippen molar-refractivity contribution in [1.29, 1.82) is 0 Å². The molecule has 0 aromatic heterocycles. The van der Waals surface area contributed by atoms with Gasteiger partial charge in [0.15, 0.2) is 0 Å². The molecule has 0 amide bonds. The van der Waals surface area contributed by atoms with Gasteiger partial charge in [0.1, 0.15) is 0 Å². The van der Waals surface area contributed by atoms with Crippen LogP contribution in [0.4, 0.5) is 0 Å². The van der Waals surface area contributed by atoms with Crippen molar-refractivity contribution in [2.24, 2.45) is 0 Å². The summed E-state index contributed by atoms with van der Waals surface area (Å²) in [5, 5.41) is 0.903. The molecule has 1 heteroatoms. The molecule has 0 spiro atoms. The van der Waals surface area contributed by atoms with E-state index in [2.05, 4.69) is 30.9 Å². The second-order valence-electron chi connectivity index (χ2n) is 4.73. The van der Waals surface area contributed by atoms with E-state index in [0.717, 1.165) is 17.0 Å². The maximum absolute atomic E-state index is 6.37. The number of hydrogen-bond acceptors (Lipinski definition) is 0. The van der Waals surface area contributed by atoms with Crippen LogP contribution in [-0.4, -0.2) is 0 Å². The predicted octanol–water partition coefficient (Wildman–Crippen LogP) is 5.15. The molecule has 1 aromatic carbocycles. The predicted molar refractivity (Wildman–Crippen MR) is 74.4 cm³/mol. The minimum Gasteiger partial charge on any atom is -0.0982 e. The highest BCUT2D eigenvalue weighted by Crippen LogP contribution is 2.36. The Morgan fingerprint density at radius 3 is 2.65 bits per heavy atom. The smallest absolute Gasteiger partial charge is 0.0453 e. The monoisotopic (exact) mass is 246 g/mol. The minimum atomic E-state index is 0.671. The van der Waals surface area contributed by atoms with Crippen LogP contribution >= 0.6 is 11.6 Å². The van der Waals surface area contributed by atoms with E-state index in [1.165, 1.54) is 37.7 Å². The van der Waals surface area contributed by atoms with Gasteiger partial charge in [0, 0.05) is 17.0 Å². The first-order valence-electron chi connectivity index (χ1n) is 6.59. The van der Waals surface area contributed by atoms with Crippen LogP contribution in [0.3, 0.4) is 0 Å². The third-order valence-corrected chi connectivity index (χ3v) is 3.78. The summed E-state index contributed by atoms with van der Waals surface area (Å²) in [5.74, 6) is 6.88. The van der Waals surface area contributed by atoms with Gasteiger partial charge < -0.3 is 0 Å². The third kappa shape index (κ3) is 3.27. The van der Waals surface area contributed by atoms with Gasteiger partial charge in [-0.3, -0.25) is 0 Å². The molecular formula is C16H19Cl. The van der Waals surface area contributed by atoms with Gasteiger partial charge in [-0.1, -0.05) is 55.7 Å². The van der Waals surface area contributed by atoms with Crippen LogP contribution in [0.1, 0.15) is 62.5 Å². The zero-order valence-electron chi connectivity index (χ0n) is 10.4. The molecule has 0 unspecified atom stereocenters. The maximum atomic E-state index is 6.37. The van der Waals surface area contributed by atoms with E-state index in [-0.39, 0.29) is 0 Å². The summed E-state index contributed by atoms with van der Waals surface area (Å²) in [7, 11) is 0. The second-order valence-corrected chi connectivity index (χ2v) is 5.13. The zero-order chi connectivity index (χ0) is 12.1. The maximum Gasteiger partial charge on any atom is 0.0453 e. The fourth-order valence-corrected chi connectivity index (χ4v) is 2.87. The van der Waals surface area contributed by atoms with Gasteiger partial charge in [-0.25, -0.2) is 0 Å². The quantitative estimate of drug-likeness (QED) is 0.601. The van der Waals surface area contributed by atoms with E-state index in [0.29, 0.717) is 5.92 Å². The van der Waals surface area contributed by atoms with E-state index in [4.69, 9.17) is 11.6 Å². The van der Waals surface area contributed by atoms with Crippen LogP contribution in [0.15, 0.2) is 18.2 Å². The van der Waals surface area contributed by atoms with Crippen molar-refractivity contribution in [3.05, 3.63) is 34.3 Å². The molecule has 0 bridgehead atoms. The summed E-state index contributed by atoms with van der Waals surface area (Å²) < 4.78 is 0. The lowest BCUT2D eigenvalue weighted by Crippen LogP contribution is -2.05. The van der Waals surface area contributed by atoms with E-state index in [1.807, 2.05) is 6.07 Å². The Hall–Kier alpha value is -0.930. The standard InChI is InChI=1S/C16H19Cl/c1-2-3-7-13-10-11-15(16(17)12-13)14-8-5-4-6-9-14/h10-12,14H,2,4-6,8-9H2,1H3. The van der Waals surface area contributed by atoms with Gasteiger partial charge in [-0.05, 0) is 36.5 Å². The first-order chi connectivity index (χ1) is 8.31. The van der Waals surface area contributed by atoms with Crippen molar-refractivity contribution >= 4 is 11.6 Å². The lowest BCUT2D eigenvalue weighted by molar-refractivity contribution is 0.444. The molecule has 1 saturated carbocycles. The lowest BCUT2D eigenvalue weighted by atomic mass is 9.84. The average Bonchev–Trinajstić information content (AvgIpc) is 2.37. The highest BCUT2D eigenvalue weighted by Gasteiger charge is 2.17. The molecule has 17 heavy (non-hydrogen) atoms. The largest absolute Gasteiger partial charge is 0.0982 e. The van der Waals surface area contributed by atoms with Gasteiger partial charge in [0.2, 0.25) is 0 Å². The molecule has 1 fully saturated rings. The van der Waals surface area contributed by atoms with Gasteiger partial charge in [0.25, 0.3) is 0 Å². The van der Waals surface area contributed by atoms with Crippen molar-refractivity contribution in [3.63, 3.8) is 0 Å². The average molecular weight is 247 g/mol. The normalized spacial score (nSPS) is 16.4. The molecule has 0 radical (unpaired) electrons. The van der Waals surface area contributed by atoms with Crippen LogP contribution < -0.4 is 0 Å². The zero-order valence-corrected chi connectivity index (χ0v) is 11.2. The Kier molecular flexibility index (Phi) is 4.51. The fraction of sp³-hybridized carbons (Fsp3) is 0.500. The highest BCUT2D eigenvalue weighted by molar-refractivity contribution is 6.31. The highest BCUT2D eigenvalue weighted by atomic mass is 35.5. The molecule has 0 saturated heterocycles. The Balaban J connectivity index is 2.18. The Labute approximate surface area is 109 Å². The van der Waals surface area contributed by atoms with Crippen LogP contribution in [0.2, 0.25) is 5.02 Å². The SMILES string of the molecule is CCC#Cc1ccc(C2CCCCC2)c(Cl)c1. The third-order valence-electron chi connectivity index (χ3n) is 3.45. The molecule has 2 rings (SSSR count). The number of halogens is 1. The molecular weight excluding hydrogens is 228 g/mol. The van der Waals surface area contributed by atoms with Crippen molar-refractivity contribution < 1.29 is 0 Å². The molecule has 0 heterocycles. The number of rotatable bonds is 1. The van der Waals surface area contributed by atoms with Crippen molar-refractivity contribution in [2.75, 3.05) is 0 Å². The Morgan fingerprint density at radius 2 is 2.00 bits per heavy atom. The first kappa shape index (κ1) is 12.5. The van der Waals surface area contributed by atoms with Crippen molar-refractivity contribution in [3.8, 4) is 11.8 Å². The lowest BCUT2D eigenvalue weighted by Gasteiger charge is -2.22. The molecule has 0 nitrogen and oxygen atoms in total. The van der Waals surface area contributed by atoms with Crippen molar-refractivity contribution in [2.45, 2.75) is 51.4 Å². The van der Waals surface area contributed by atoms with Crippen LogP contribution in [0.25, 0.3) is 0 Å². The van der Waals surface area contributed by atoms with E-state index < -0.39 is 0 Å². The number of benzene rings is 1. The second kappa shape index (κ2) is 6.12. The van der Waals surface area contributed by atoms with E-state index in [9.17, 15) is 0 Å². The molecule has 1 aromatic rings. The minimum absolute atomic E-state index is 0.671. The van der Waals surface area contributed by atoms with Crippen LogP contribution in [0.5, 0.6) is 0 Å². The van der Waals surface area contributed by atoms with Gasteiger partial charge >= 0.3 is 0 Å². The summed E-state index contributed by atoms with van der Waals surface area (Å²) in [5.41, 5.74) is 2.37. The Bertz CT molecular complexity index is 431. The summed E-state index contributed by atoms with van der Waals surface area (Å²) in [6.07, 6.45) is 7.55. The van der Waals surface area contributed by atoms with Gasteiger partial charge in [-0.15, -0.1) is 0 Å². The molecule has 1 aliphatic carbocycles. The van der Waals surface area contributed by atoms with Gasteiger partial charge in [0.05, 0.1) is 0 Å². The molecule has 1 aliphatic rings. The fourth-order valence-electron chi connectivity index (χ4n) is 2.54. The Morgan fingerprint density at radius 1 is 1.24 bits per heavy atom. The molecule has 0 aliphatic heterocycles. The topological polar surface area (TPSA) is 0 Å². The summed E-state index contributed by atoms with van der Waals surface area (Å²) in [4.78, 5) is 0. The van der Waals surface area contributed by atoms with E-state index >= 15 is 0 Å². The van der Waals surface area contributed by atoms with Gasteiger partial charge in [-0.2, -0.15) is 0 Å². The van der Waals surface area contributed by atoms with E-state index in [1.54, 1.807) is 0 Å². The summed E-state index contributed by atoms with van der Waals surface area (Å²) in [6.45, 7) is 2.06. The molecule has 0 atom stereocenters. The molecule has 90 valence electrons. The van der Waals surface area contributed by atoms with Crippen LogP contribution in [-0.2, 0) is 0 Å². The first-order valence-corrected chi connectivity index (χ1v) is 6.97.